The van der Waals surface area contributed by atoms with Crippen molar-refractivity contribution in [2.45, 2.75) is 32.8 Å². The van der Waals surface area contributed by atoms with E-state index in [0.29, 0.717) is 11.1 Å². The van der Waals surface area contributed by atoms with Crippen molar-refractivity contribution in [2.24, 2.45) is 0 Å². The van der Waals surface area contributed by atoms with E-state index in [0.717, 1.165) is 15.8 Å². The third kappa shape index (κ3) is 4.46. The van der Waals surface area contributed by atoms with Gasteiger partial charge in [0.1, 0.15) is 5.82 Å². The average Bonchev–Trinajstić information content (AvgIpc) is 3.39. The Labute approximate surface area is 217 Å². The minimum atomic E-state index is -0.729. The predicted molar refractivity (Wildman–Crippen MR) is 142 cm³/mol. The van der Waals surface area contributed by atoms with Gasteiger partial charge in [0.25, 0.3) is 11.5 Å². The summed E-state index contributed by atoms with van der Waals surface area (Å²) in [6.45, 7) is 5.29. The van der Waals surface area contributed by atoms with Crippen LogP contribution in [-0.2, 0) is 12.0 Å². The molecule has 3 heterocycles. The average molecular weight is 513 g/mol. The van der Waals surface area contributed by atoms with E-state index in [9.17, 15) is 14.7 Å². The standard InChI is InChI=1S/C28H25FN6O3/c1-28(2,3)18-11-17-13-32-35(27(38)23(17)21(29)12-18)25-20(15-36)22(9-10-30-25)33-26(37)19-14-31-34-24(19)16-7-5-4-6-8-16/h4-14,36H,15H2,1-3H3,(H,31,34)(H,30,33,37). The number of aliphatic hydroxyl groups is 1. The fraction of sp³-hybridized carbons (Fsp3) is 0.179. The maximum atomic E-state index is 15.1. The zero-order chi connectivity index (χ0) is 27.0. The number of anilines is 1. The number of H-pyrrole nitrogens is 1. The van der Waals surface area contributed by atoms with Gasteiger partial charge in [-0.25, -0.2) is 9.37 Å². The Bertz CT molecular complexity index is 1720. The highest BCUT2D eigenvalue weighted by molar-refractivity contribution is 6.08. The number of nitrogens with zero attached hydrogens (tertiary/aromatic N) is 4. The van der Waals surface area contributed by atoms with Crippen molar-refractivity contribution < 1.29 is 14.3 Å². The van der Waals surface area contributed by atoms with Gasteiger partial charge in [-0.15, -0.1) is 0 Å². The van der Waals surface area contributed by atoms with Crippen LogP contribution in [0.15, 0.2) is 71.9 Å². The highest BCUT2D eigenvalue weighted by atomic mass is 19.1. The van der Waals surface area contributed by atoms with Crippen LogP contribution in [0.3, 0.4) is 0 Å². The molecular formula is C28H25FN6O3. The fourth-order valence-corrected chi connectivity index (χ4v) is 4.23. The summed E-state index contributed by atoms with van der Waals surface area (Å²) in [5, 5.41) is 24.2. The van der Waals surface area contributed by atoms with Gasteiger partial charge in [-0.05, 0) is 29.2 Å². The predicted octanol–water partition coefficient (Wildman–Crippen LogP) is 4.35. The van der Waals surface area contributed by atoms with Gasteiger partial charge in [0, 0.05) is 22.7 Å². The second-order valence-corrected chi connectivity index (χ2v) is 9.83. The minimum absolute atomic E-state index is 0.0213. The number of rotatable bonds is 5. The molecule has 3 N–H and O–H groups in total. The molecule has 0 fully saturated rings. The van der Waals surface area contributed by atoms with E-state index in [4.69, 9.17) is 0 Å². The molecule has 5 aromatic rings. The van der Waals surface area contributed by atoms with Crippen molar-refractivity contribution in [3.05, 3.63) is 100.0 Å². The van der Waals surface area contributed by atoms with Crippen molar-refractivity contribution in [3.8, 4) is 17.1 Å². The number of carbonyl (C=O) groups excluding carboxylic acids is 1. The molecule has 0 saturated carbocycles. The molecule has 5 rings (SSSR count). The number of halogens is 1. The molecule has 0 unspecified atom stereocenters. The van der Waals surface area contributed by atoms with Crippen molar-refractivity contribution in [3.63, 3.8) is 0 Å². The summed E-state index contributed by atoms with van der Waals surface area (Å²) >= 11 is 0. The summed E-state index contributed by atoms with van der Waals surface area (Å²) in [6, 6.07) is 13.8. The lowest BCUT2D eigenvalue weighted by atomic mass is 9.86. The summed E-state index contributed by atoms with van der Waals surface area (Å²) in [6.07, 6.45) is 4.16. The number of aliphatic hydroxyl groups excluding tert-OH is 1. The van der Waals surface area contributed by atoms with Gasteiger partial charge in [0.15, 0.2) is 5.82 Å². The molecule has 1 amide bonds. The van der Waals surface area contributed by atoms with Crippen LogP contribution in [-0.4, -0.2) is 36.0 Å². The Kier molecular flexibility index (Phi) is 6.33. The Morgan fingerprint density at radius 1 is 1.13 bits per heavy atom. The third-order valence-electron chi connectivity index (χ3n) is 6.29. The number of aromatic amines is 1. The quantitative estimate of drug-likeness (QED) is 0.321. The normalized spacial score (nSPS) is 11.6. The third-order valence-corrected chi connectivity index (χ3v) is 6.29. The van der Waals surface area contributed by atoms with Crippen LogP contribution in [0.4, 0.5) is 10.1 Å². The summed E-state index contributed by atoms with van der Waals surface area (Å²) in [5.74, 6) is -1.17. The molecule has 0 spiro atoms. The minimum Gasteiger partial charge on any atom is -0.391 e. The molecule has 0 bridgehead atoms. The maximum absolute atomic E-state index is 15.1. The van der Waals surface area contributed by atoms with Crippen molar-refractivity contribution in [2.75, 3.05) is 5.32 Å². The number of pyridine rings is 1. The van der Waals surface area contributed by atoms with Gasteiger partial charge < -0.3 is 10.4 Å². The molecule has 2 aromatic carbocycles. The zero-order valence-electron chi connectivity index (χ0n) is 21.0. The van der Waals surface area contributed by atoms with Gasteiger partial charge in [0.2, 0.25) is 0 Å². The monoisotopic (exact) mass is 512 g/mol. The molecule has 3 aromatic heterocycles. The van der Waals surface area contributed by atoms with Crippen LogP contribution in [0, 0.1) is 5.82 Å². The first-order chi connectivity index (χ1) is 18.2. The summed E-state index contributed by atoms with van der Waals surface area (Å²) < 4.78 is 16.1. The molecule has 0 aliphatic heterocycles. The van der Waals surface area contributed by atoms with Crippen LogP contribution in [0.2, 0.25) is 0 Å². The molecule has 0 radical (unpaired) electrons. The van der Waals surface area contributed by atoms with E-state index in [1.807, 2.05) is 51.1 Å². The van der Waals surface area contributed by atoms with E-state index in [2.05, 4.69) is 25.6 Å². The SMILES string of the molecule is CC(C)(C)c1cc(F)c2c(=O)n(-c3nccc(NC(=O)c4cn[nH]c4-c4ccccc4)c3CO)ncc2c1. The number of fused-ring (bicyclic) bond motifs is 1. The first kappa shape index (κ1) is 25.0. The highest BCUT2D eigenvalue weighted by Crippen LogP contribution is 2.28. The van der Waals surface area contributed by atoms with E-state index in [1.54, 1.807) is 6.07 Å². The second-order valence-electron chi connectivity index (χ2n) is 9.83. The highest BCUT2D eigenvalue weighted by Gasteiger charge is 2.22. The summed E-state index contributed by atoms with van der Waals surface area (Å²) in [7, 11) is 0. The summed E-state index contributed by atoms with van der Waals surface area (Å²) in [4.78, 5) is 30.7. The maximum Gasteiger partial charge on any atom is 0.283 e. The number of hydrogen-bond acceptors (Lipinski definition) is 6. The Morgan fingerprint density at radius 3 is 2.61 bits per heavy atom. The topological polar surface area (TPSA) is 126 Å². The number of carbonyl (C=O) groups is 1. The summed E-state index contributed by atoms with van der Waals surface area (Å²) in [5.41, 5.74) is 1.64. The first-order valence-electron chi connectivity index (χ1n) is 11.9. The molecular weight excluding hydrogens is 487 g/mol. The van der Waals surface area contributed by atoms with E-state index in [1.165, 1.54) is 30.7 Å². The van der Waals surface area contributed by atoms with Crippen LogP contribution in [0.5, 0.6) is 0 Å². The van der Waals surface area contributed by atoms with Gasteiger partial charge in [-0.3, -0.25) is 14.7 Å². The Balaban J connectivity index is 1.55. The van der Waals surface area contributed by atoms with Crippen LogP contribution >= 0.6 is 0 Å². The van der Waals surface area contributed by atoms with Crippen LogP contribution in [0.1, 0.15) is 42.3 Å². The Hall–Kier alpha value is -4.70. The van der Waals surface area contributed by atoms with Crippen molar-refractivity contribution in [1.82, 2.24) is 25.0 Å². The van der Waals surface area contributed by atoms with Crippen LogP contribution < -0.4 is 10.9 Å². The molecule has 0 atom stereocenters. The van der Waals surface area contributed by atoms with E-state index in [-0.39, 0.29) is 33.4 Å². The molecule has 192 valence electrons. The lowest BCUT2D eigenvalue weighted by molar-refractivity contribution is 0.102. The fourth-order valence-electron chi connectivity index (χ4n) is 4.23. The smallest absolute Gasteiger partial charge is 0.283 e. The number of benzene rings is 2. The molecule has 0 aliphatic rings. The zero-order valence-corrected chi connectivity index (χ0v) is 21.0. The van der Waals surface area contributed by atoms with Crippen molar-refractivity contribution in [1.29, 1.82) is 0 Å². The number of nitrogens with one attached hydrogen (secondary N) is 2. The van der Waals surface area contributed by atoms with E-state index >= 15 is 4.39 Å². The van der Waals surface area contributed by atoms with Gasteiger partial charge >= 0.3 is 0 Å². The molecule has 38 heavy (non-hydrogen) atoms. The lowest BCUT2D eigenvalue weighted by Crippen LogP contribution is -2.25. The van der Waals surface area contributed by atoms with E-state index < -0.39 is 23.9 Å². The van der Waals surface area contributed by atoms with Gasteiger partial charge in [-0.2, -0.15) is 14.9 Å². The second kappa shape index (κ2) is 9.64. The molecule has 0 saturated heterocycles. The number of amides is 1. The largest absolute Gasteiger partial charge is 0.391 e. The van der Waals surface area contributed by atoms with Gasteiger partial charge in [-0.1, -0.05) is 51.1 Å². The van der Waals surface area contributed by atoms with Crippen LogP contribution in [0.25, 0.3) is 27.8 Å². The molecule has 10 heteroatoms. The Morgan fingerprint density at radius 2 is 1.89 bits per heavy atom. The number of hydrogen-bond donors (Lipinski definition) is 3. The number of aromatic nitrogens is 5. The molecule has 9 nitrogen and oxygen atoms in total. The van der Waals surface area contributed by atoms with Gasteiger partial charge in [0.05, 0.1) is 41.3 Å². The van der Waals surface area contributed by atoms with Crippen molar-refractivity contribution >= 4 is 22.4 Å². The lowest BCUT2D eigenvalue weighted by Gasteiger charge is -2.20. The molecule has 0 aliphatic carbocycles. The first-order valence-corrected chi connectivity index (χ1v) is 11.9.